The summed E-state index contributed by atoms with van der Waals surface area (Å²) in [5.41, 5.74) is 0.751. The second-order valence-electron chi connectivity index (χ2n) is 3.56. The van der Waals surface area contributed by atoms with Gasteiger partial charge in [0.1, 0.15) is 0 Å². The summed E-state index contributed by atoms with van der Waals surface area (Å²) in [6.07, 6.45) is 2.63. The molecule has 1 N–H and O–H groups in total. The highest BCUT2D eigenvalue weighted by atomic mass is 16.7. The zero-order valence-electron chi connectivity index (χ0n) is 10.9. The van der Waals surface area contributed by atoms with Crippen molar-refractivity contribution in [2.24, 2.45) is 5.16 Å². The quantitative estimate of drug-likeness (QED) is 0.180. The molecule has 0 spiro atoms. The highest BCUT2D eigenvalue weighted by Crippen LogP contribution is 1.91. The lowest BCUT2D eigenvalue weighted by molar-refractivity contribution is -0.137. The number of ether oxygens (including phenoxy) is 1. The van der Waals surface area contributed by atoms with E-state index in [-0.39, 0.29) is 0 Å². The molecule has 0 aromatic rings. The van der Waals surface area contributed by atoms with Gasteiger partial charge in [0, 0.05) is 12.6 Å². The third-order valence-electron chi connectivity index (χ3n) is 2.05. The molecule has 6 nitrogen and oxygen atoms in total. The van der Waals surface area contributed by atoms with Gasteiger partial charge in [-0.25, -0.2) is 9.59 Å². The Balaban J connectivity index is 3.46. The van der Waals surface area contributed by atoms with Crippen molar-refractivity contribution in [2.45, 2.75) is 33.1 Å². The second-order valence-corrected chi connectivity index (χ2v) is 3.56. The molecule has 0 atom stereocenters. The molecule has 102 valence electrons. The number of esters is 1. The van der Waals surface area contributed by atoms with Crippen molar-refractivity contribution in [3.63, 3.8) is 0 Å². The number of rotatable bonds is 8. The van der Waals surface area contributed by atoms with E-state index in [2.05, 4.69) is 21.9 Å². The molecule has 0 rings (SSSR count). The average molecular weight is 256 g/mol. The normalized spacial score (nSPS) is 10.7. The molecular formula is C12H20N2O4. The van der Waals surface area contributed by atoms with Crippen LogP contribution < -0.4 is 5.32 Å². The summed E-state index contributed by atoms with van der Waals surface area (Å²) in [5.74, 6) is -0.438. The first kappa shape index (κ1) is 16.1. The van der Waals surface area contributed by atoms with E-state index >= 15 is 0 Å². The molecule has 0 fully saturated rings. The summed E-state index contributed by atoms with van der Waals surface area (Å²) < 4.78 is 4.77. The minimum Gasteiger partial charge on any atom is -0.463 e. The molecule has 0 bridgehead atoms. The van der Waals surface area contributed by atoms with Crippen LogP contribution in [0.3, 0.4) is 0 Å². The molecule has 6 heteroatoms. The van der Waals surface area contributed by atoms with Crippen molar-refractivity contribution in [2.75, 3.05) is 13.2 Å². The van der Waals surface area contributed by atoms with Crippen molar-refractivity contribution in [3.8, 4) is 0 Å². The number of nitrogens with zero attached hydrogens (tertiary/aromatic N) is 1. The Kier molecular flexibility index (Phi) is 9.25. The van der Waals surface area contributed by atoms with Crippen LogP contribution in [-0.2, 0) is 14.4 Å². The minimum absolute atomic E-state index is 0.314. The SMILES string of the molecule is C=CC(=O)OCCCCNC(=O)ON=C(C)CC. The maximum atomic E-state index is 11.1. The Morgan fingerprint density at radius 1 is 1.39 bits per heavy atom. The Labute approximate surface area is 107 Å². The van der Waals surface area contributed by atoms with Crippen LogP contribution in [0, 0.1) is 0 Å². The van der Waals surface area contributed by atoms with Gasteiger partial charge in [-0.05, 0) is 26.2 Å². The molecule has 0 aliphatic heterocycles. The molecule has 0 saturated carbocycles. The third kappa shape index (κ3) is 9.38. The van der Waals surface area contributed by atoms with Crippen LogP contribution in [0.15, 0.2) is 17.8 Å². The Morgan fingerprint density at radius 2 is 2.11 bits per heavy atom. The van der Waals surface area contributed by atoms with Gasteiger partial charge in [0.15, 0.2) is 0 Å². The van der Waals surface area contributed by atoms with Crippen molar-refractivity contribution in [1.29, 1.82) is 0 Å². The molecule has 1 amide bonds. The largest absolute Gasteiger partial charge is 0.463 e. The number of hydrogen-bond donors (Lipinski definition) is 1. The lowest BCUT2D eigenvalue weighted by Crippen LogP contribution is -2.24. The number of oxime groups is 1. The van der Waals surface area contributed by atoms with Crippen LogP contribution >= 0.6 is 0 Å². The summed E-state index contributed by atoms with van der Waals surface area (Å²) >= 11 is 0. The van der Waals surface area contributed by atoms with E-state index in [9.17, 15) is 9.59 Å². The average Bonchev–Trinajstić information content (AvgIpc) is 2.39. The zero-order chi connectivity index (χ0) is 13.8. The second kappa shape index (κ2) is 10.3. The van der Waals surface area contributed by atoms with Crippen LogP contribution in [0.25, 0.3) is 0 Å². The van der Waals surface area contributed by atoms with Gasteiger partial charge >= 0.3 is 12.1 Å². The maximum Gasteiger partial charge on any atom is 0.433 e. The number of unbranched alkanes of at least 4 members (excludes halogenated alkanes) is 1. The molecule has 0 unspecified atom stereocenters. The Hall–Kier alpha value is -1.85. The van der Waals surface area contributed by atoms with Gasteiger partial charge in [0.2, 0.25) is 0 Å². The van der Waals surface area contributed by atoms with Crippen LogP contribution in [0.4, 0.5) is 4.79 Å². The van der Waals surface area contributed by atoms with E-state index in [0.717, 1.165) is 18.2 Å². The molecule has 0 radical (unpaired) electrons. The van der Waals surface area contributed by atoms with E-state index in [0.29, 0.717) is 26.0 Å². The number of carbonyl (C=O) groups excluding carboxylic acids is 2. The van der Waals surface area contributed by atoms with Crippen molar-refractivity contribution >= 4 is 17.8 Å². The molecule has 0 aromatic heterocycles. The van der Waals surface area contributed by atoms with Gasteiger partial charge in [-0.15, -0.1) is 0 Å². The van der Waals surface area contributed by atoms with E-state index in [1.165, 1.54) is 0 Å². The molecule has 0 aliphatic carbocycles. The highest BCUT2D eigenvalue weighted by Gasteiger charge is 2.01. The van der Waals surface area contributed by atoms with E-state index in [1.54, 1.807) is 6.92 Å². The van der Waals surface area contributed by atoms with Gasteiger partial charge in [-0.2, -0.15) is 0 Å². The predicted molar refractivity (Wildman–Crippen MR) is 68.3 cm³/mol. The topological polar surface area (TPSA) is 77.0 Å². The lowest BCUT2D eigenvalue weighted by atomic mass is 10.3. The van der Waals surface area contributed by atoms with Crippen LogP contribution in [0.1, 0.15) is 33.1 Å². The molecule has 0 saturated heterocycles. The monoisotopic (exact) mass is 256 g/mol. The maximum absolute atomic E-state index is 11.1. The highest BCUT2D eigenvalue weighted by molar-refractivity contribution is 5.82. The van der Waals surface area contributed by atoms with Crippen LogP contribution in [0.2, 0.25) is 0 Å². The zero-order valence-corrected chi connectivity index (χ0v) is 10.9. The van der Waals surface area contributed by atoms with Gasteiger partial charge in [-0.1, -0.05) is 18.7 Å². The summed E-state index contributed by atoms with van der Waals surface area (Å²) in [7, 11) is 0. The molecule has 0 heterocycles. The molecular weight excluding hydrogens is 236 g/mol. The number of amides is 1. The fourth-order valence-corrected chi connectivity index (χ4v) is 0.865. The minimum atomic E-state index is -0.578. The van der Waals surface area contributed by atoms with Gasteiger partial charge in [0.25, 0.3) is 0 Å². The number of carbonyl (C=O) groups is 2. The van der Waals surface area contributed by atoms with Crippen molar-refractivity contribution in [1.82, 2.24) is 5.32 Å². The smallest absolute Gasteiger partial charge is 0.433 e. The third-order valence-corrected chi connectivity index (χ3v) is 2.05. The first-order valence-electron chi connectivity index (χ1n) is 5.87. The lowest BCUT2D eigenvalue weighted by Gasteiger charge is -2.03. The van der Waals surface area contributed by atoms with Gasteiger partial charge < -0.3 is 10.1 Å². The van der Waals surface area contributed by atoms with Crippen LogP contribution in [0.5, 0.6) is 0 Å². The van der Waals surface area contributed by atoms with Gasteiger partial charge in [-0.3, -0.25) is 4.84 Å². The number of nitrogens with one attached hydrogen (secondary N) is 1. The van der Waals surface area contributed by atoms with E-state index < -0.39 is 12.1 Å². The van der Waals surface area contributed by atoms with Crippen molar-refractivity contribution < 1.29 is 19.2 Å². The molecule has 0 aliphatic rings. The van der Waals surface area contributed by atoms with Crippen molar-refractivity contribution in [3.05, 3.63) is 12.7 Å². The summed E-state index contributed by atoms with van der Waals surface area (Å²) in [5, 5.41) is 6.15. The van der Waals surface area contributed by atoms with E-state index in [4.69, 9.17) is 4.74 Å². The number of hydrogen-bond acceptors (Lipinski definition) is 5. The summed E-state index contributed by atoms with van der Waals surface area (Å²) in [4.78, 5) is 26.4. The van der Waals surface area contributed by atoms with Gasteiger partial charge in [0.05, 0.1) is 12.3 Å². The molecule has 0 aromatic carbocycles. The molecule has 18 heavy (non-hydrogen) atoms. The summed E-state index contributed by atoms with van der Waals surface area (Å²) in [6.45, 7) is 7.74. The first-order chi connectivity index (χ1) is 8.60. The van der Waals surface area contributed by atoms with E-state index in [1.807, 2.05) is 6.92 Å². The fraction of sp³-hybridized carbons (Fsp3) is 0.583. The summed E-state index contributed by atoms with van der Waals surface area (Å²) in [6, 6.07) is 0. The first-order valence-corrected chi connectivity index (χ1v) is 5.87. The standard InChI is InChI=1S/C12H20N2O4/c1-4-10(3)14-18-12(16)13-8-6-7-9-17-11(15)5-2/h5H,2,4,6-9H2,1,3H3,(H,13,16). The Morgan fingerprint density at radius 3 is 2.72 bits per heavy atom. The predicted octanol–water partition coefficient (Wildman–Crippen LogP) is 2.01. The fourth-order valence-electron chi connectivity index (χ4n) is 0.865. The Bertz CT molecular complexity index is 313. The van der Waals surface area contributed by atoms with Crippen LogP contribution in [-0.4, -0.2) is 30.9 Å².